The minimum atomic E-state index is -0.0777. The van der Waals surface area contributed by atoms with E-state index in [1.54, 1.807) is 12.1 Å². The molecule has 0 saturated carbocycles. The number of phenolic OH excluding ortho intramolecular Hbond substituents is 1. The molecule has 2 aromatic rings. The van der Waals surface area contributed by atoms with Gasteiger partial charge in [-0.15, -0.1) is 0 Å². The number of ether oxygens (including phenoxy) is 1. The number of hydrogen-bond donors (Lipinski definition) is 1. The molecule has 0 bridgehead atoms. The lowest BCUT2D eigenvalue weighted by Gasteiger charge is -2.08. The molecular formula is C16H16O3. The largest absolute Gasteiger partial charge is 0.504 e. The Morgan fingerprint density at radius 2 is 1.89 bits per heavy atom. The highest BCUT2D eigenvalue weighted by molar-refractivity contribution is 5.94. The molecule has 1 N–H and O–H groups in total. The van der Waals surface area contributed by atoms with E-state index in [1.165, 1.54) is 18.6 Å². The average molecular weight is 256 g/mol. The molecule has 0 aliphatic carbocycles. The van der Waals surface area contributed by atoms with Crippen molar-refractivity contribution in [2.75, 3.05) is 6.61 Å². The Morgan fingerprint density at radius 1 is 1.16 bits per heavy atom. The molecular weight excluding hydrogens is 240 g/mol. The van der Waals surface area contributed by atoms with Crippen molar-refractivity contribution in [1.82, 2.24) is 0 Å². The standard InChI is InChI=1S/C16H16O3/c1-12(17)14-7-8-16(15(18)11-14)19-10-9-13-5-3-2-4-6-13/h2-8,11,18H,9-10H2,1H3. The fourth-order valence-electron chi connectivity index (χ4n) is 1.78. The summed E-state index contributed by atoms with van der Waals surface area (Å²) in [6.07, 6.45) is 0.773. The van der Waals surface area contributed by atoms with Crippen LogP contribution in [0.4, 0.5) is 0 Å². The lowest BCUT2D eigenvalue weighted by Crippen LogP contribution is -2.02. The van der Waals surface area contributed by atoms with Crippen molar-refractivity contribution in [3.63, 3.8) is 0 Å². The van der Waals surface area contributed by atoms with Crippen LogP contribution in [0.15, 0.2) is 48.5 Å². The molecule has 0 unspecified atom stereocenters. The van der Waals surface area contributed by atoms with Crippen molar-refractivity contribution in [1.29, 1.82) is 0 Å². The van der Waals surface area contributed by atoms with Crippen LogP contribution in [0, 0.1) is 0 Å². The van der Waals surface area contributed by atoms with Crippen molar-refractivity contribution in [2.45, 2.75) is 13.3 Å². The van der Waals surface area contributed by atoms with Crippen molar-refractivity contribution in [3.8, 4) is 11.5 Å². The summed E-state index contributed by atoms with van der Waals surface area (Å²) in [5, 5.41) is 9.76. The summed E-state index contributed by atoms with van der Waals surface area (Å²) in [6, 6.07) is 14.7. The van der Waals surface area contributed by atoms with Crippen LogP contribution < -0.4 is 4.74 Å². The fraction of sp³-hybridized carbons (Fsp3) is 0.188. The van der Waals surface area contributed by atoms with E-state index in [1.807, 2.05) is 30.3 Å². The fourth-order valence-corrected chi connectivity index (χ4v) is 1.78. The highest BCUT2D eigenvalue weighted by atomic mass is 16.5. The van der Waals surface area contributed by atoms with E-state index in [2.05, 4.69) is 0 Å². The first-order chi connectivity index (χ1) is 9.16. The van der Waals surface area contributed by atoms with Gasteiger partial charge in [0.05, 0.1) is 6.61 Å². The van der Waals surface area contributed by atoms with E-state index >= 15 is 0 Å². The molecule has 2 rings (SSSR count). The highest BCUT2D eigenvalue weighted by Gasteiger charge is 2.06. The van der Waals surface area contributed by atoms with Crippen LogP contribution in [0.25, 0.3) is 0 Å². The Morgan fingerprint density at radius 3 is 2.53 bits per heavy atom. The molecule has 0 spiro atoms. The summed E-state index contributed by atoms with van der Waals surface area (Å²) in [7, 11) is 0. The second-order valence-corrected chi connectivity index (χ2v) is 4.32. The Balaban J connectivity index is 1.95. The van der Waals surface area contributed by atoms with Gasteiger partial charge in [0.25, 0.3) is 0 Å². The zero-order chi connectivity index (χ0) is 13.7. The van der Waals surface area contributed by atoms with Crippen LogP contribution >= 0.6 is 0 Å². The Labute approximate surface area is 112 Å². The van der Waals surface area contributed by atoms with Gasteiger partial charge in [0.1, 0.15) is 0 Å². The van der Waals surface area contributed by atoms with Crippen molar-refractivity contribution in [2.24, 2.45) is 0 Å². The van der Waals surface area contributed by atoms with Crippen molar-refractivity contribution < 1.29 is 14.6 Å². The minimum Gasteiger partial charge on any atom is -0.504 e. The maximum atomic E-state index is 11.2. The smallest absolute Gasteiger partial charge is 0.160 e. The van der Waals surface area contributed by atoms with Gasteiger partial charge in [0.15, 0.2) is 17.3 Å². The molecule has 0 atom stereocenters. The predicted octanol–water partition coefficient (Wildman–Crippen LogP) is 3.22. The summed E-state index contributed by atoms with van der Waals surface area (Å²) >= 11 is 0. The van der Waals surface area contributed by atoms with Crippen molar-refractivity contribution >= 4 is 5.78 Å². The number of benzene rings is 2. The quantitative estimate of drug-likeness (QED) is 0.835. The van der Waals surface area contributed by atoms with Crippen LogP contribution in [-0.2, 0) is 6.42 Å². The highest BCUT2D eigenvalue weighted by Crippen LogP contribution is 2.27. The summed E-state index contributed by atoms with van der Waals surface area (Å²) in [5.74, 6) is 0.327. The molecule has 98 valence electrons. The molecule has 0 aromatic heterocycles. The average Bonchev–Trinajstić information content (AvgIpc) is 2.41. The van der Waals surface area contributed by atoms with Crippen LogP contribution in [0.1, 0.15) is 22.8 Å². The van der Waals surface area contributed by atoms with Crippen LogP contribution in [0.3, 0.4) is 0 Å². The van der Waals surface area contributed by atoms with E-state index in [9.17, 15) is 9.90 Å². The predicted molar refractivity (Wildman–Crippen MR) is 73.8 cm³/mol. The zero-order valence-corrected chi connectivity index (χ0v) is 10.8. The topological polar surface area (TPSA) is 46.5 Å². The zero-order valence-electron chi connectivity index (χ0n) is 10.8. The number of phenols is 1. The molecule has 0 radical (unpaired) electrons. The lowest BCUT2D eigenvalue weighted by molar-refractivity contribution is 0.101. The molecule has 0 heterocycles. The SMILES string of the molecule is CC(=O)c1ccc(OCCc2ccccc2)c(O)c1. The van der Waals surface area contributed by atoms with E-state index in [0.717, 1.165) is 6.42 Å². The first kappa shape index (κ1) is 13.1. The maximum Gasteiger partial charge on any atom is 0.160 e. The molecule has 0 saturated heterocycles. The second kappa shape index (κ2) is 6.05. The van der Waals surface area contributed by atoms with Crippen LogP contribution in [-0.4, -0.2) is 17.5 Å². The van der Waals surface area contributed by atoms with Gasteiger partial charge in [0.2, 0.25) is 0 Å². The van der Waals surface area contributed by atoms with Crippen molar-refractivity contribution in [3.05, 3.63) is 59.7 Å². The number of carbonyl (C=O) groups excluding carboxylic acids is 1. The van der Waals surface area contributed by atoms with Gasteiger partial charge in [-0.05, 0) is 30.7 Å². The van der Waals surface area contributed by atoms with Gasteiger partial charge in [-0.25, -0.2) is 0 Å². The first-order valence-corrected chi connectivity index (χ1v) is 6.17. The Hall–Kier alpha value is -2.29. The molecule has 0 fully saturated rings. The Bertz CT molecular complexity index is 561. The van der Waals surface area contributed by atoms with E-state index < -0.39 is 0 Å². The number of rotatable bonds is 5. The minimum absolute atomic E-state index is 0.000705. The van der Waals surface area contributed by atoms with Crippen LogP contribution in [0.2, 0.25) is 0 Å². The van der Waals surface area contributed by atoms with Gasteiger partial charge in [-0.3, -0.25) is 4.79 Å². The molecule has 0 aliphatic heterocycles. The third-order valence-corrected chi connectivity index (χ3v) is 2.86. The van der Waals surface area contributed by atoms with E-state index in [0.29, 0.717) is 17.9 Å². The number of ketones is 1. The second-order valence-electron chi connectivity index (χ2n) is 4.32. The van der Waals surface area contributed by atoms with Gasteiger partial charge in [-0.2, -0.15) is 0 Å². The molecule has 3 heteroatoms. The first-order valence-electron chi connectivity index (χ1n) is 6.17. The van der Waals surface area contributed by atoms with Gasteiger partial charge >= 0.3 is 0 Å². The summed E-state index contributed by atoms with van der Waals surface area (Å²) in [5.41, 5.74) is 1.66. The lowest BCUT2D eigenvalue weighted by atomic mass is 10.1. The number of carbonyl (C=O) groups is 1. The normalized spacial score (nSPS) is 10.2. The molecule has 19 heavy (non-hydrogen) atoms. The van der Waals surface area contributed by atoms with E-state index in [-0.39, 0.29) is 11.5 Å². The Kier molecular flexibility index (Phi) is 4.18. The maximum absolute atomic E-state index is 11.2. The molecule has 3 nitrogen and oxygen atoms in total. The van der Waals surface area contributed by atoms with Crippen LogP contribution in [0.5, 0.6) is 11.5 Å². The molecule has 0 amide bonds. The number of aromatic hydroxyl groups is 1. The number of Topliss-reactive ketones (excluding diaryl/α,β-unsaturated/α-hetero) is 1. The van der Waals surface area contributed by atoms with Gasteiger partial charge in [0, 0.05) is 12.0 Å². The van der Waals surface area contributed by atoms with Gasteiger partial charge in [-0.1, -0.05) is 30.3 Å². The number of hydrogen-bond acceptors (Lipinski definition) is 3. The third kappa shape index (κ3) is 3.58. The van der Waals surface area contributed by atoms with E-state index in [4.69, 9.17) is 4.74 Å². The summed E-state index contributed by atoms with van der Waals surface area (Å²) < 4.78 is 5.51. The molecule has 2 aromatic carbocycles. The summed E-state index contributed by atoms with van der Waals surface area (Å²) in [6.45, 7) is 1.95. The van der Waals surface area contributed by atoms with Gasteiger partial charge < -0.3 is 9.84 Å². The summed E-state index contributed by atoms with van der Waals surface area (Å²) in [4.78, 5) is 11.2. The molecule has 0 aliphatic rings. The third-order valence-electron chi connectivity index (χ3n) is 2.86. The monoisotopic (exact) mass is 256 g/mol.